The maximum absolute atomic E-state index is 12.9. The number of nitrogens with zero attached hydrogens (tertiary/aromatic N) is 1. The van der Waals surface area contributed by atoms with Gasteiger partial charge in [0, 0.05) is 5.02 Å². The van der Waals surface area contributed by atoms with Crippen molar-refractivity contribution in [3.8, 4) is 0 Å². The molecule has 8 heteroatoms. The van der Waals surface area contributed by atoms with Gasteiger partial charge in [0.15, 0.2) is 6.39 Å². The second kappa shape index (κ2) is 5.77. The Labute approximate surface area is 122 Å². The normalized spacial score (nSPS) is 11.5. The van der Waals surface area contributed by atoms with E-state index >= 15 is 0 Å². The Morgan fingerprint density at radius 2 is 2.14 bits per heavy atom. The second-order valence-corrected chi connectivity index (χ2v) is 4.71. The summed E-state index contributed by atoms with van der Waals surface area (Å²) in [6.07, 6.45) is -3.65. The molecule has 0 aliphatic rings. The number of amides is 1. The number of aryl methyl sites for hydroxylation is 1. The van der Waals surface area contributed by atoms with Gasteiger partial charge in [0.05, 0.1) is 23.4 Å². The van der Waals surface area contributed by atoms with Crippen LogP contribution in [-0.2, 0) is 17.4 Å². The van der Waals surface area contributed by atoms with Crippen molar-refractivity contribution in [2.45, 2.75) is 19.5 Å². The summed E-state index contributed by atoms with van der Waals surface area (Å²) in [4.78, 5) is 15.6. The minimum atomic E-state index is -4.62. The topological polar surface area (TPSA) is 55.1 Å². The predicted octanol–water partition coefficient (Wildman–Crippen LogP) is 3.84. The molecule has 0 spiro atoms. The van der Waals surface area contributed by atoms with Gasteiger partial charge >= 0.3 is 6.18 Å². The molecule has 1 amide bonds. The van der Waals surface area contributed by atoms with Gasteiger partial charge in [0.1, 0.15) is 5.76 Å². The van der Waals surface area contributed by atoms with E-state index in [1.807, 2.05) is 0 Å². The van der Waals surface area contributed by atoms with Crippen LogP contribution in [0.1, 0.15) is 17.0 Å². The zero-order valence-electron chi connectivity index (χ0n) is 10.8. The molecule has 2 aromatic rings. The van der Waals surface area contributed by atoms with Crippen molar-refractivity contribution in [2.75, 3.05) is 5.32 Å². The van der Waals surface area contributed by atoms with Crippen molar-refractivity contribution in [3.63, 3.8) is 0 Å². The van der Waals surface area contributed by atoms with Gasteiger partial charge in [-0.1, -0.05) is 11.6 Å². The molecule has 1 N–H and O–H groups in total. The highest BCUT2D eigenvalue weighted by atomic mass is 35.5. The fourth-order valence-electron chi connectivity index (χ4n) is 1.70. The Morgan fingerprint density at radius 3 is 2.71 bits per heavy atom. The highest BCUT2D eigenvalue weighted by molar-refractivity contribution is 6.30. The van der Waals surface area contributed by atoms with Crippen molar-refractivity contribution < 1.29 is 22.4 Å². The molecule has 0 aliphatic heterocycles. The quantitative estimate of drug-likeness (QED) is 0.935. The van der Waals surface area contributed by atoms with E-state index in [1.165, 1.54) is 12.5 Å². The molecule has 0 bridgehead atoms. The Balaban J connectivity index is 2.20. The second-order valence-electron chi connectivity index (χ2n) is 4.27. The van der Waals surface area contributed by atoms with Crippen LogP contribution in [0, 0.1) is 6.92 Å². The van der Waals surface area contributed by atoms with Crippen molar-refractivity contribution in [1.29, 1.82) is 0 Å². The fraction of sp³-hybridized carbons (Fsp3) is 0.231. The number of anilines is 1. The molecule has 0 saturated carbocycles. The molecule has 4 nitrogen and oxygen atoms in total. The van der Waals surface area contributed by atoms with Crippen LogP contribution >= 0.6 is 11.6 Å². The minimum absolute atomic E-state index is 0.0635. The summed E-state index contributed by atoms with van der Waals surface area (Å²) in [7, 11) is 0. The molecular formula is C13H10ClF3N2O2. The van der Waals surface area contributed by atoms with E-state index in [0.717, 1.165) is 12.1 Å². The van der Waals surface area contributed by atoms with Crippen molar-refractivity contribution in [2.24, 2.45) is 0 Å². The smallest absolute Gasteiger partial charge is 0.418 e. The maximum atomic E-state index is 12.9. The van der Waals surface area contributed by atoms with Gasteiger partial charge < -0.3 is 9.73 Å². The van der Waals surface area contributed by atoms with Gasteiger partial charge in [-0.25, -0.2) is 4.98 Å². The summed E-state index contributed by atoms with van der Waals surface area (Å²) in [6, 6.07) is 3.14. The Hall–Kier alpha value is -2.02. The Morgan fingerprint density at radius 1 is 1.43 bits per heavy atom. The summed E-state index contributed by atoms with van der Waals surface area (Å²) in [5.41, 5.74) is -0.844. The lowest BCUT2D eigenvalue weighted by molar-refractivity contribution is -0.137. The van der Waals surface area contributed by atoms with Crippen molar-refractivity contribution >= 4 is 23.2 Å². The van der Waals surface area contributed by atoms with Crippen LogP contribution in [-0.4, -0.2) is 10.9 Å². The number of halogens is 4. The lowest BCUT2D eigenvalue weighted by Crippen LogP contribution is -2.18. The molecular weight excluding hydrogens is 309 g/mol. The van der Waals surface area contributed by atoms with Crippen LogP contribution in [0.3, 0.4) is 0 Å². The lowest BCUT2D eigenvalue weighted by Gasteiger charge is -2.13. The zero-order chi connectivity index (χ0) is 15.6. The first kappa shape index (κ1) is 15.4. The summed E-state index contributed by atoms with van der Waals surface area (Å²) < 4.78 is 43.6. The molecule has 0 aliphatic carbocycles. The number of hydrogen-bond acceptors (Lipinski definition) is 3. The van der Waals surface area contributed by atoms with Gasteiger partial charge in [0.2, 0.25) is 5.91 Å². The van der Waals surface area contributed by atoms with Crippen molar-refractivity contribution in [1.82, 2.24) is 4.98 Å². The van der Waals surface area contributed by atoms with Crippen molar-refractivity contribution in [3.05, 3.63) is 46.6 Å². The van der Waals surface area contributed by atoms with E-state index in [4.69, 9.17) is 16.0 Å². The maximum Gasteiger partial charge on any atom is 0.418 e. The number of hydrogen-bond donors (Lipinski definition) is 1. The minimum Gasteiger partial charge on any atom is -0.448 e. The number of aromatic nitrogens is 1. The van der Waals surface area contributed by atoms with Gasteiger partial charge in [0.25, 0.3) is 0 Å². The van der Waals surface area contributed by atoms with E-state index in [1.54, 1.807) is 6.92 Å². The molecule has 112 valence electrons. The van der Waals surface area contributed by atoms with E-state index in [0.29, 0.717) is 11.5 Å². The lowest BCUT2D eigenvalue weighted by atomic mass is 10.1. The van der Waals surface area contributed by atoms with E-state index < -0.39 is 17.6 Å². The number of nitrogens with one attached hydrogen (secondary N) is 1. The highest BCUT2D eigenvalue weighted by Crippen LogP contribution is 2.36. The average molecular weight is 319 g/mol. The molecule has 0 atom stereocenters. The summed E-state index contributed by atoms with van der Waals surface area (Å²) in [5.74, 6) is -0.335. The van der Waals surface area contributed by atoms with E-state index in [2.05, 4.69) is 10.3 Å². The van der Waals surface area contributed by atoms with Gasteiger partial charge in [-0.2, -0.15) is 13.2 Å². The average Bonchev–Trinajstić information content (AvgIpc) is 2.76. The standard InChI is InChI=1S/C13H10ClF3N2O2/c1-7-11(21-6-18-7)5-12(20)19-10-3-2-8(14)4-9(10)13(15,16)17/h2-4,6H,5H2,1H3,(H,19,20). The first-order chi connectivity index (χ1) is 9.77. The monoisotopic (exact) mass is 318 g/mol. The van der Waals surface area contributed by atoms with Gasteiger partial charge in [-0.3, -0.25) is 4.79 Å². The van der Waals surface area contributed by atoms with Crippen LogP contribution < -0.4 is 5.32 Å². The third kappa shape index (κ3) is 3.75. The van der Waals surface area contributed by atoms with Crippen LogP contribution in [0.4, 0.5) is 18.9 Å². The first-order valence-electron chi connectivity index (χ1n) is 5.83. The molecule has 21 heavy (non-hydrogen) atoms. The summed E-state index contributed by atoms with van der Waals surface area (Å²) in [6.45, 7) is 1.63. The Kier molecular flexibility index (Phi) is 4.22. The number of benzene rings is 1. The molecule has 0 fully saturated rings. The number of carbonyl (C=O) groups excluding carboxylic acids is 1. The predicted molar refractivity (Wildman–Crippen MR) is 70.0 cm³/mol. The molecule has 0 radical (unpaired) electrons. The molecule has 0 saturated heterocycles. The molecule has 1 aromatic heterocycles. The third-order valence-corrected chi connectivity index (χ3v) is 2.96. The first-order valence-corrected chi connectivity index (χ1v) is 6.20. The number of alkyl halides is 3. The number of carbonyl (C=O) groups is 1. The zero-order valence-corrected chi connectivity index (χ0v) is 11.5. The van der Waals surface area contributed by atoms with Crippen LogP contribution in [0.5, 0.6) is 0 Å². The van der Waals surface area contributed by atoms with Crippen LogP contribution in [0.25, 0.3) is 0 Å². The third-order valence-electron chi connectivity index (χ3n) is 2.73. The largest absolute Gasteiger partial charge is 0.448 e. The van der Waals surface area contributed by atoms with Gasteiger partial charge in [-0.05, 0) is 25.1 Å². The number of oxazole rings is 1. The van der Waals surface area contributed by atoms with E-state index in [9.17, 15) is 18.0 Å². The number of rotatable bonds is 3. The SMILES string of the molecule is Cc1ncoc1CC(=O)Nc1ccc(Cl)cc1C(F)(F)F. The fourth-order valence-corrected chi connectivity index (χ4v) is 1.87. The summed E-state index contributed by atoms with van der Waals surface area (Å²) >= 11 is 5.56. The molecule has 2 rings (SSSR count). The van der Waals surface area contributed by atoms with Crippen LogP contribution in [0.2, 0.25) is 5.02 Å². The Bertz CT molecular complexity index is 668. The van der Waals surface area contributed by atoms with E-state index in [-0.39, 0.29) is 17.1 Å². The van der Waals surface area contributed by atoms with Crippen LogP contribution in [0.15, 0.2) is 29.0 Å². The molecule has 0 unspecified atom stereocenters. The molecule has 1 aromatic carbocycles. The highest BCUT2D eigenvalue weighted by Gasteiger charge is 2.34. The summed E-state index contributed by atoms with van der Waals surface area (Å²) in [5, 5.41) is 2.14. The van der Waals surface area contributed by atoms with Gasteiger partial charge in [-0.15, -0.1) is 0 Å². The molecule has 1 heterocycles.